The summed E-state index contributed by atoms with van der Waals surface area (Å²) in [6.07, 6.45) is 0.727. The molecule has 3 heteroatoms. The number of hydrogen-bond donors (Lipinski definition) is 1. The van der Waals surface area contributed by atoms with Gasteiger partial charge in [0, 0.05) is 15.5 Å². The van der Waals surface area contributed by atoms with Crippen molar-refractivity contribution in [1.82, 2.24) is 0 Å². The molecule has 0 spiro atoms. The van der Waals surface area contributed by atoms with E-state index in [-0.39, 0.29) is 6.04 Å². The summed E-state index contributed by atoms with van der Waals surface area (Å²) in [6, 6.07) is 20.5. The van der Waals surface area contributed by atoms with Gasteiger partial charge >= 0.3 is 0 Å². The highest BCUT2D eigenvalue weighted by Gasteiger charge is 2.10. The van der Waals surface area contributed by atoms with Crippen molar-refractivity contribution >= 4 is 38.3 Å². The van der Waals surface area contributed by atoms with Crippen molar-refractivity contribution in [2.45, 2.75) is 12.5 Å². The summed E-state index contributed by atoms with van der Waals surface area (Å²) >= 11 is 9.69. The second kappa shape index (κ2) is 6.18. The highest BCUT2D eigenvalue weighted by atomic mass is 79.9. The van der Waals surface area contributed by atoms with Gasteiger partial charge in [-0.05, 0) is 46.5 Å². The van der Waals surface area contributed by atoms with Gasteiger partial charge in [0.05, 0.1) is 0 Å². The van der Waals surface area contributed by atoms with Crippen LogP contribution in [0, 0.1) is 0 Å². The average molecular weight is 361 g/mol. The van der Waals surface area contributed by atoms with E-state index in [0.717, 1.165) is 27.0 Å². The summed E-state index contributed by atoms with van der Waals surface area (Å²) in [6.45, 7) is 0. The summed E-state index contributed by atoms with van der Waals surface area (Å²) in [7, 11) is 0. The Labute approximate surface area is 137 Å². The number of fused-ring (bicyclic) bond motifs is 1. The number of halogens is 2. The molecule has 3 aromatic carbocycles. The molecule has 1 nitrogen and oxygen atoms in total. The third kappa shape index (κ3) is 3.29. The molecule has 0 aliphatic heterocycles. The molecule has 0 aromatic heterocycles. The zero-order valence-corrected chi connectivity index (χ0v) is 13.7. The Bertz CT molecular complexity index is 785. The molecule has 21 heavy (non-hydrogen) atoms. The van der Waals surface area contributed by atoms with Crippen molar-refractivity contribution in [3.63, 3.8) is 0 Å². The Kier molecular flexibility index (Phi) is 4.29. The third-order valence-electron chi connectivity index (χ3n) is 3.66. The second-order valence-corrected chi connectivity index (χ2v) is 6.48. The van der Waals surface area contributed by atoms with Crippen LogP contribution in [0.25, 0.3) is 10.8 Å². The minimum atomic E-state index is -0.0618. The van der Waals surface area contributed by atoms with Gasteiger partial charge in [-0.3, -0.25) is 0 Å². The van der Waals surface area contributed by atoms with Crippen LogP contribution in [-0.2, 0) is 6.42 Å². The standard InChI is InChI=1S/C18H15BrClN/c19-16-8-7-14(17(20)11-16)10-18(21)15-6-5-12-3-1-2-4-13(12)9-15/h1-9,11,18H,10,21H2. The lowest BCUT2D eigenvalue weighted by molar-refractivity contribution is 0.723. The molecule has 1 atom stereocenters. The summed E-state index contributed by atoms with van der Waals surface area (Å²) < 4.78 is 0.982. The Hall–Kier alpha value is -1.35. The number of rotatable bonds is 3. The van der Waals surface area contributed by atoms with E-state index in [4.69, 9.17) is 17.3 Å². The smallest absolute Gasteiger partial charge is 0.0449 e. The van der Waals surface area contributed by atoms with Crippen molar-refractivity contribution in [2.75, 3.05) is 0 Å². The summed E-state index contributed by atoms with van der Waals surface area (Å²) in [4.78, 5) is 0. The number of hydrogen-bond acceptors (Lipinski definition) is 1. The number of benzene rings is 3. The van der Waals surface area contributed by atoms with Crippen molar-refractivity contribution in [1.29, 1.82) is 0 Å². The van der Waals surface area contributed by atoms with Crippen molar-refractivity contribution in [3.05, 3.63) is 81.3 Å². The Balaban J connectivity index is 1.87. The van der Waals surface area contributed by atoms with E-state index in [1.807, 2.05) is 30.3 Å². The van der Waals surface area contributed by atoms with Gasteiger partial charge in [-0.2, -0.15) is 0 Å². The molecule has 0 amide bonds. The molecule has 0 saturated heterocycles. The lowest BCUT2D eigenvalue weighted by Crippen LogP contribution is -2.13. The largest absolute Gasteiger partial charge is 0.324 e. The summed E-state index contributed by atoms with van der Waals surface area (Å²) in [5.74, 6) is 0. The van der Waals surface area contributed by atoms with Crippen LogP contribution in [0.3, 0.4) is 0 Å². The van der Waals surface area contributed by atoms with E-state index < -0.39 is 0 Å². The van der Waals surface area contributed by atoms with Gasteiger partial charge in [-0.1, -0.05) is 70.0 Å². The van der Waals surface area contributed by atoms with Crippen LogP contribution >= 0.6 is 27.5 Å². The molecule has 0 fully saturated rings. The quantitative estimate of drug-likeness (QED) is 0.656. The van der Waals surface area contributed by atoms with Crippen LogP contribution in [0.4, 0.5) is 0 Å². The van der Waals surface area contributed by atoms with Gasteiger partial charge in [0.15, 0.2) is 0 Å². The van der Waals surface area contributed by atoms with Crippen LogP contribution in [-0.4, -0.2) is 0 Å². The maximum Gasteiger partial charge on any atom is 0.0449 e. The zero-order valence-electron chi connectivity index (χ0n) is 11.4. The fraction of sp³-hybridized carbons (Fsp3) is 0.111. The first-order valence-electron chi connectivity index (χ1n) is 6.82. The maximum atomic E-state index is 6.35. The van der Waals surface area contributed by atoms with Gasteiger partial charge < -0.3 is 5.73 Å². The van der Waals surface area contributed by atoms with E-state index in [1.165, 1.54) is 10.8 Å². The predicted octanol–water partition coefficient (Wildman–Crippen LogP) is 5.50. The monoisotopic (exact) mass is 359 g/mol. The fourth-order valence-corrected chi connectivity index (χ4v) is 3.23. The molecule has 3 rings (SSSR count). The highest BCUT2D eigenvalue weighted by molar-refractivity contribution is 9.10. The third-order valence-corrected chi connectivity index (χ3v) is 4.50. The van der Waals surface area contributed by atoms with Crippen LogP contribution in [0.5, 0.6) is 0 Å². The normalized spacial score (nSPS) is 12.5. The van der Waals surface area contributed by atoms with Crippen LogP contribution in [0.15, 0.2) is 65.1 Å². The molecule has 0 saturated carbocycles. The minimum absolute atomic E-state index is 0.0618. The molecule has 0 aliphatic carbocycles. The lowest BCUT2D eigenvalue weighted by Gasteiger charge is -2.14. The first kappa shape index (κ1) is 14.6. The Morgan fingerprint density at radius 2 is 1.71 bits per heavy atom. The van der Waals surface area contributed by atoms with E-state index in [2.05, 4.69) is 46.3 Å². The minimum Gasteiger partial charge on any atom is -0.324 e. The van der Waals surface area contributed by atoms with Crippen molar-refractivity contribution in [3.8, 4) is 0 Å². The second-order valence-electron chi connectivity index (χ2n) is 5.15. The van der Waals surface area contributed by atoms with Gasteiger partial charge in [0.25, 0.3) is 0 Å². The summed E-state index contributed by atoms with van der Waals surface area (Å²) in [5, 5.41) is 3.20. The van der Waals surface area contributed by atoms with Crippen molar-refractivity contribution in [2.24, 2.45) is 5.73 Å². The topological polar surface area (TPSA) is 26.0 Å². The maximum absolute atomic E-state index is 6.35. The SMILES string of the molecule is NC(Cc1ccc(Br)cc1Cl)c1ccc2ccccc2c1. The molecule has 106 valence electrons. The predicted molar refractivity (Wildman–Crippen MR) is 93.7 cm³/mol. The van der Waals surface area contributed by atoms with Gasteiger partial charge in [0.2, 0.25) is 0 Å². The fourth-order valence-electron chi connectivity index (χ4n) is 2.48. The first-order valence-corrected chi connectivity index (χ1v) is 7.99. The summed E-state index contributed by atoms with van der Waals surface area (Å²) in [5.41, 5.74) is 8.56. The van der Waals surface area contributed by atoms with Gasteiger partial charge in [-0.25, -0.2) is 0 Å². The molecule has 0 radical (unpaired) electrons. The molecule has 3 aromatic rings. The number of nitrogens with two attached hydrogens (primary N) is 1. The molecular formula is C18H15BrClN. The van der Waals surface area contributed by atoms with Gasteiger partial charge in [0.1, 0.15) is 0 Å². The Morgan fingerprint density at radius 1 is 0.952 bits per heavy atom. The molecule has 0 aliphatic rings. The lowest BCUT2D eigenvalue weighted by atomic mass is 9.97. The zero-order chi connectivity index (χ0) is 14.8. The molecule has 0 heterocycles. The van der Waals surface area contributed by atoms with E-state index in [0.29, 0.717) is 0 Å². The van der Waals surface area contributed by atoms with Gasteiger partial charge in [-0.15, -0.1) is 0 Å². The van der Waals surface area contributed by atoms with Crippen LogP contribution < -0.4 is 5.73 Å². The van der Waals surface area contributed by atoms with E-state index >= 15 is 0 Å². The molecule has 2 N–H and O–H groups in total. The molecular weight excluding hydrogens is 346 g/mol. The molecule has 1 unspecified atom stereocenters. The van der Waals surface area contributed by atoms with E-state index in [1.54, 1.807) is 0 Å². The highest BCUT2D eigenvalue weighted by Crippen LogP contribution is 2.26. The first-order chi connectivity index (χ1) is 10.1. The van der Waals surface area contributed by atoms with Crippen LogP contribution in [0.1, 0.15) is 17.2 Å². The average Bonchev–Trinajstić information content (AvgIpc) is 2.49. The molecule has 0 bridgehead atoms. The van der Waals surface area contributed by atoms with Crippen molar-refractivity contribution < 1.29 is 0 Å². The Morgan fingerprint density at radius 3 is 2.48 bits per heavy atom. The van der Waals surface area contributed by atoms with E-state index in [9.17, 15) is 0 Å². The van der Waals surface area contributed by atoms with Crippen LogP contribution in [0.2, 0.25) is 5.02 Å².